The van der Waals surface area contributed by atoms with Gasteiger partial charge in [-0.25, -0.2) is 0 Å². The molecule has 1 atom stereocenters. The van der Waals surface area contributed by atoms with Gasteiger partial charge in [-0.3, -0.25) is 0 Å². The van der Waals surface area contributed by atoms with E-state index in [2.05, 4.69) is 18.3 Å². The first kappa shape index (κ1) is 16.6. The molecule has 0 aliphatic heterocycles. The Morgan fingerprint density at radius 3 is 2.71 bits per heavy atom. The van der Waals surface area contributed by atoms with Gasteiger partial charge in [-0.1, -0.05) is 50.3 Å². The lowest BCUT2D eigenvalue weighted by atomic mass is 9.94. The number of benzene rings is 1. The van der Waals surface area contributed by atoms with E-state index in [4.69, 9.17) is 16.3 Å². The van der Waals surface area contributed by atoms with Crippen molar-refractivity contribution in [3.05, 3.63) is 28.8 Å². The summed E-state index contributed by atoms with van der Waals surface area (Å²) < 4.78 is 5.25. The van der Waals surface area contributed by atoms with Crippen LogP contribution >= 0.6 is 11.6 Å². The smallest absolute Gasteiger partial charge is 0.120 e. The molecule has 2 nitrogen and oxygen atoms in total. The van der Waals surface area contributed by atoms with Crippen molar-refractivity contribution < 1.29 is 4.74 Å². The van der Waals surface area contributed by atoms with Crippen LogP contribution in [0.2, 0.25) is 5.02 Å². The molecule has 21 heavy (non-hydrogen) atoms. The SMILES string of the molecule is CCCNC(CCC1CCCC1)c1ccc(OC)cc1Cl. The first-order valence-electron chi connectivity index (χ1n) is 8.31. The monoisotopic (exact) mass is 309 g/mol. The number of rotatable bonds is 8. The molecule has 0 spiro atoms. The summed E-state index contributed by atoms with van der Waals surface area (Å²) in [6.07, 6.45) is 9.30. The summed E-state index contributed by atoms with van der Waals surface area (Å²) in [6.45, 7) is 3.24. The highest BCUT2D eigenvalue weighted by Gasteiger charge is 2.19. The summed E-state index contributed by atoms with van der Waals surface area (Å²) in [5.74, 6) is 1.75. The van der Waals surface area contributed by atoms with Crippen LogP contribution in [-0.4, -0.2) is 13.7 Å². The standard InChI is InChI=1S/C18H28ClNO/c1-3-12-20-18(11-8-14-6-4-5-7-14)16-10-9-15(21-2)13-17(16)19/h9-10,13-14,18,20H,3-8,11-12H2,1-2H3. The Hall–Kier alpha value is -0.730. The molecule has 1 aliphatic carbocycles. The Morgan fingerprint density at radius 1 is 1.33 bits per heavy atom. The normalized spacial score (nSPS) is 17.1. The maximum absolute atomic E-state index is 6.46. The van der Waals surface area contributed by atoms with Gasteiger partial charge in [-0.15, -0.1) is 0 Å². The molecule has 1 aliphatic rings. The predicted molar refractivity (Wildman–Crippen MR) is 90.2 cm³/mol. The van der Waals surface area contributed by atoms with Gasteiger partial charge in [0, 0.05) is 11.1 Å². The molecular weight excluding hydrogens is 282 g/mol. The van der Waals surface area contributed by atoms with Gasteiger partial charge in [0.1, 0.15) is 5.75 Å². The van der Waals surface area contributed by atoms with Gasteiger partial charge in [0.2, 0.25) is 0 Å². The number of nitrogens with one attached hydrogen (secondary N) is 1. The molecule has 1 fully saturated rings. The lowest BCUT2D eigenvalue weighted by molar-refractivity contribution is 0.407. The van der Waals surface area contributed by atoms with Gasteiger partial charge in [-0.2, -0.15) is 0 Å². The van der Waals surface area contributed by atoms with Crippen LogP contribution in [0.15, 0.2) is 18.2 Å². The summed E-state index contributed by atoms with van der Waals surface area (Å²) >= 11 is 6.46. The third kappa shape index (κ3) is 4.89. The van der Waals surface area contributed by atoms with Crippen LogP contribution in [0.5, 0.6) is 5.75 Å². The number of methoxy groups -OCH3 is 1. The lowest BCUT2D eigenvalue weighted by Gasteiger charge is -2.22. The highest BCUT2D eigenvalue weighted by Crippen LogP contribution is 2.34. The van der Waals surface area contributed by atoms with E-state index in [0.717, 1.165) is 29.7 Å². The maximum Gasteiger partial charge on any atom is 0.120 e. The van der Waals surface area contributed by atoms with Crippen molar-refractivity contribution in [3.8, 4) is 5.75 Å². The molecular formula is C18H28ClNO. The molecule has 1 aromatic rings. The van der Waals surface area contributed by atoms with E-state index < -0.39 is 0 Å². The molecule has 1 saturated carbocycles. The minimum Gasteiger partial charge on any atom is -0.497 e. The van der Waals surface area contributed by atoms with Crippen LogP contribution in [0, 0.1) is 5.92 Å². The van der Waals surface area contributed by atoms with E-state index in [1.54, 1.807) is 7.11 Å². The molecule has 0 saturated heterocycles. The van der Waals surface area contributed by atoms with E-state index in [0.29, 0.717) is 6.04 Å². The van der Waals surface area contributed by atoms with E-state index in [-0.39, 0.29) is 0 Å². The molecule has 1 unspecified atom stereocenters. The van der Waals surface area contributed by atoms with Crippen LogP contribution in [0.4, 0.5) is 0 Å². The fourth-order valence-corrected chi connectivity index (χ4v) is 3.61. The average molecular weight is 310 g/mol. The summed E-state index contributed by atoms with van der Waals surface area (Å²) in [4.78, 5) is 0. The quantitative estimate of drug-likeness (QED) is 0.698. The summed E-state index contributed by atoms with van der Waals surface area (Å²) in [6, 6.07) is 6.41. The first-order valence-corrected chi connectivity index (χ1v) is 8.69. The third-order valence-electron chi connectivity index (χ3n) is 4.56. The molecule has 0 amide bonds. The van der Waals surface area contributed by atoms with Gasteiger partial charge in [0.15, 0.2) is 0 Å². The Kier molecular flexibility index (Phi) is 6.85. The molecule has 118 valence electrons. The zero-order valence-corrected chi connectivity index (χ0v) is 14.1. The number of hydrogen-bond donors (Lipinski definition) is 1. The highest BCUT2D eigenvalue weighted by atomic mass is 35.5. The van der Waals surface area contributed by atoms with Gasteiger partial charge < -0.3 is 10.1 Å². The second-order valence-electron chi connectivity index (χ2n) is 6.12. The fourth-order valence-electron chi connectivity index (χ4n) is 3.30. The molecule has 0 heterocycles. The van der Waals surface area contributed by atoms with Crippen molar-refractivity contribution in [2.24, 2.45) is 5.92 Å². The predicted octanol–water partition coefficient (Wildman–Crippen LogP) is 5.36. The van der Waals surface area contributed by atoms with Crippen molar-refractivity contribution in [2.45, 2.75) is 57.9 Å². The summed E-state index contributed by atoms with van der Waals surface area (Å²) in [5, 5.41) is 4.48. The molecule has 1 N–H and O–H groups in total. The van der Waals surface area contributed by atoms with E-state index in [1.807, 2.05) is 12.1 Å². The van der Waals surface area contributed by atoms with Crippen molar-refractivity contribution in [2.75, 3.05) is 13.7 Å². The average Bonchev–Trinajstić information content (AvgIpc) is 3.01. The van der Waals surface area contributed by atoms with Crippen molar-refractivity contribution in [1.29, 1.82) is 0 Å². The topological polar surface area (TPSA) is 21.3 Å². The van der Waals surface area contributed by atoms with Crippen LogP contribution in [0.25, 0.3) is 0 Å². The Balaban J connectivity index is 2.03. The van der Waals surface area contributed by atoms with Crippen molar-refractivity contribution >= 4 is 11.6 Å². The Morgan fingerprint density at radius 2 is 2.10 bits per heavy atom. The number of halogens is 1. The van der Waals surface area contributed by atoms with Gasteiger partial charge in [-0.05, 0) is 49.4 Å². The third-order valence-corrected chi connectivity index (χ3v) is 4.89. The second kappa shape index (κ2) is 8.65. The maximum atomic E-state index is 6.46. The fraction of sp³-hybridized carbons (Fsp3) is 0.667. The largest absolute Gasteiger partial charge is 0.497 e. The Labute approximate surface area is 134 Å². The first-order chi connectivity index (χ1) is 10.2. The Bertz CT molecular complexity index is 429. The minimum atomic E-state index is 0.365. The van der Waals surface area contributed by atoms with E-state index >= 15 is 0 Å². The van der Waals surface area contributed by atoms with Gasteiger partial charge >= 0.3 is 0 Å². The molecule has 3 heteroatoms. The second-order valence-corrected chi connectivity index (χ2v) is 6.53. The molecule has 1 aromatic carbocycles. The summed E-state index contributed by atoms with van der Waals surface area (Å²) in [5.41, 5.74) is 1.21. The lowest BCUT2D eigenvalue weighted by Crippen LogP contribution is -2.23. The van der Waals surface area contributed by atoms with Crippen LogP contribution in [0.3, 0.4) is 0 Å². The molecule has 0 aromatic heterocycles. The zero-order chi connectivity index (χ0) is 15.1. The van der Waals surface area contributed by atoms with Crippen molar-refractivity contribution in [3.63, 3.8) is 0 Å². The van der Waals surface area contributed by atoms with E-state index in [1.165, 1.54) is 44.1 Å². The number of hydrogen-bond acceptors (Lipinski definition) is 2. The van der Waals surface area contributed by atoms with Crippen molar-refractivity contribution in [1.82, 2.24) is 5.32 Å². The zero-order valence-electron chi connectivity index (χ0n) is 13.3. The molecule has 0 radical (unpaired) electrons. The molecule has 2 rings (SSSR count). The number of ether oxygens (including phenoxy) is 1. The van der Waals surface area contributed by atoms with E-state index in [9.17, 15) is 0 Å². The van der Waals surface area contributed by atoms with Gasteiger partial charge in [0.25, 0.3) is 0 Å². The van der Waals surface area contributed by atoms with Crippen LogP contribution in [0.1, 0.15) is 63.5 Å². The minimum absolute atomic E-state index is 0.365. The molecule has 0 bridgehead atoms. The highest BCUT2D eigenvalue weighted by molar-refractivity contribution is 6.31. The van der Waals surface area contributed by atoms with Crippen LogP contribution < -0.4 is 10.1 Å². The van der Waals surface area contributed by atoms with Crippen LogP contribution in [-0.2, 0) is 0 Å². The van der Waals surface area contributed by atoms with Gasteiger partial charge in [0.05, 0.1) is 7.11 Å². The summed E-state index contributed by atoms with van der Waals surface area (Å²) in [7, 11) is 1.68.